The quantitative estimate of drug-likeness (QED) is 0.0810. The number of amides is 4. The van der Waals surface area contributed by atoms with Gasteiger partial charge in [0.05, 0.1) is 12.1 Å². The van der Waals surface area contributed by atoms with Gasteiger partial charge in [-0.3, -0.25) is 28.8 Å². The van der Waals surface area contributed by atoms with Crippen LogP contribution in [-0.4, -0.2) is 98.3 Å². The predicted molar refractivity (Wildman–Crippen MR) is 158 cm³/mol. The van der Waals surface area contributed by atoms with Crippen LogP contribution in [0.15, 0.2) is 30.3 Å². The number of hydrogen-bond acceptors (Lipinski definition) is 9. The summed E-state index contributed by atoms with van der Waals surface area (Å²) in [6.45, 7) is 4.69. The van der Waals surface area contributed by atoms with E-state index in [4.69, 9.17) is 15.9 Å². The molecule has 0 unspecified atom stereocenters. The number of carboxylic acids is 3. The number of carbonyl (C=O) groups excluding carboxylic acids is 4. The molecule has 0 aromatic heterocycles. The number of carboxylic acid groups (broad SMARTS) is 3. The summed E-state index contributed by atoms with van der Waals surface area (Å²) in [5, 5.41) is 46.9. The van der Waals surface area contributed by atoms with Gasteiger partial charge in [0.15, 0.2) is 0 Å². The van der Waals surface area contributed by atoms with Gasteiger partial charge in [0.2, 0.25) is 23.6 Å². The maximum absolute atomic E-state index is 13.5. The third-order valence-corrected chi connectivity index (χ3v) is 6.59. The number of benzene rings is 1. The highest BCUT2D eigenvalue weighted by Gasteiger charge is 2.34. The van der Waals surface area contributed by atoms with Crippen molar-refractivity contribution in [3.8, 4) is 0 Å². The minimum absolute atomic E-state index is 0.00823. The van der Waals surface area contributed by atoms with Gasteiger partial charge in [-0.1, -0.05) is 44.2 Å². The molecule has 10 N–H and O–H groups in total. The average Bonchev–Trinajstić information content (AvgIpc) is 2.95. The van der Waals surface area contributed by atoms with E-state index in [1.54, 1.807) is 44.2 Å². The fourth-order valence-electron chi connectivity index (χ4n) is 4.17. The molecule has 16 heteroatoms. The molecular formula is C29H43N5O11. The number of hydrogen-bond donors (Lipinski definition) is 9. The molecule has 0 spiro atoms. The average molecular weight is 638 g/mol. The molecule has 0 aliphatic rings. The SMILES string of the molecule is CC(C)C[C@H](NC(=O)[C@H](Cc1ccccc1)NC(=O)[C@@H](N)CCC(=O)O)C(=O)N[C@H](C(=O)N[C@@H](CCC(=O)O)C(=O)O)[C@@H](C)O. The van der Waals surface area contributed by atoms with E-state index in [2.05, 4.69) is 21.3 Å². The zero-order valence-electron chi connectivity index (χ0n) is 25.4. The fourth-order valence-corrected chi connectivity index (χ4v) is 4.17. The van der Waals surface area contributed by atoms with Gasteiger partial charge in [-0.2, -0.15) is 0 Å². The van der Waals surface area contributed by atoms with Crippen molar-refractivity contribution in [3.05, 3.63) is 35.9 Å². The van der Waals surface area contributed by atoms with Gasteiger partial charge in [-0.25, -0.2) is 4.79 Å². The molecule has 0 aliphatic carbocycles. The van der Waals surface area contributed by atoms with E-state index in [1.165, 1.54) is 6.92 Å². The molecule has 250 valence electrons. The van der Waals surface area contributed by atoms with Crippen LogP contribution in [0.1, 0.15) is 58.4 Å². The van der Waals surface area contributed by atoms with Crippen molar-refractivity contribution in [2.75, 3.05) is 0 Å². The normalized spacial score (nSPS) is 15.0. The van der Waals surface area contributed by atoms with Crippen LogP contribution >= 0.6 is 0 Å². The van der Waals surface area contributed by atoms with E-state index in [0.29, 0.717) is 5.56 Å². The van der Waals surface area contributed by atoms with Crippen LogP contribution in [0.4, 0.5) is 0 Å². The van der Waals surface area contributed by atoms with Crippen molar-refractivity contribution < 1.29 is 54.0 Å². The van der Waals surface area contributed by atoms with Crippen LogP contribution in [0.25, 0.3) is 0 Å². The number of aliphatic carboxylic acids is 3. The Morgan fingerprint density at radius 2 is 1.20 bits per heavy atom. The third kappa shape index (κ3) is 14.6. The summed E-state index contributed by atoms with van der Waals surface area (Å²) in [6.07, 6.45) is -3.02. The summed E-state index contributed by atoms with van der Waals surface area (Å²) < 4.78 is 0. The lowest BCUT2D eigenvalue weighted by atomic mass is 10.00. The van der Waals surface area contributed by atoms with Gasteiger partial charge >= 0.3 is 17.9 Å². The monoisotopic (exact) mass is 637 g/mol. The molecule has 1 aromatic rings. The molecule has 0 radical (unpaired) electrons. The number of aliphatic hydroxyl groups excluding tert-OH is 1. The van der Waals surface area contributed by atoms with Gasteiger partial charge in [-0.05, 0) is 37.7 Å². The highest BCUT2D eigenvalue weighted by atomic mass is 16.4. The third-order valence-electron chi connectivity index (χ3n) is 6.59. The molecule has 4 amide bonds. The molecule has 0 fully saturated rings. The Balaban J connectivity index is 3.17. The highest BCUT2D eigenvalue weighted by molar-refractivity contribution is 5.95. The summed E-state index contributed by atoms with van der Waals surface area (Å²) in [5.74, 6) is -7.66. The molecule has 0 heterocycles. The van der Waals surface area contributed by atoms with Crippen molar-refractivity contribution in [3.63, 3.8) is 0 Å². The molecule has 1 aromatic carbocycles. The lowest BCUT2D eigenvalue weighted by molar-refractivity contribution is -0.144. The van der Waals surface area contributed by atoms with Crippen LogP contribution in [0, 0.1) is 5.92 Å². The smallest absolute Gasteiger partial charge is 0.326 e. The van der Waals surface area contributed by atoms with Gasteiger partial charge < -0.3 is 47.4 Å². The molecule has 0 saturated carbocycles. The predicted octanol–water partition coefficient (Wildman–Crippen LogP) is -1.26. The lowest BCUT2D eigenvalue weighted by Crippen LogP contribution is -2.61. The minimum atomic E-state index is -1.66. The Labute approximate surface area is 260 Å². The van der Waals surface area contributed by atoms with Crippen molar-refractivity contribution in [1.82, 2.24) is 21.3 Å². The van der Waals surface area contributed by atoms with Crippen LogP contribution < -0.4 is 27.0 Å². The molecular weight excluding hydrogens is 594 g/mol. The van der Waals surface area contributed by atoms with Crippen molar-refractivity contribution in [2.24, 2.45) is 11.7 Å². The van der Waals surface area contributed by atoms with Gasteiger partial charge in [0, 0.05) is 19.3 Å². The Morgan fingerprint density at radius 3 is 1.71 bits per heavy atom. The summed E-state index contributed by atoms with van der Waals surface area (Å²) >= 11 is 0. The van der Waals surface area contributed by atoms with Gasteiger partial charge in [-0.15, -0.1) is 0 Å². The Kier molecular flexibility index (Phi) is 16.2. The minimum Gasteiger partial charge on any atom is -0.481 e. The second-order valence-corrected chi connectivity index (χ2v) is 11.0. The molecule has 0 saturated heterocycles. The summed E-state index contributed by atoms with van der Waals surface area (Å²) in [5.41, 5.74) is 6.48. The van der Waals surface area contributed by atoms with Crippen LogP contribution in [0.2, 0.25) is 0 Å². The topological polar surface area (TPSA) is 275 Å². The van der Waals surface area contributed by atoms with E-state index < -0.39 is 90.7 Å². The Morgan fingerprint density at radius 1 is 0.689 bits per heavy atom. The molecule has 6 atom stereocenters. The highest BCUT2D eigenvalue weighted by Crippen LogP contribution is 2.10. The Hall–Kier alpha value is -4.57. The lowest BCUT2D eigenvalue weighted by Gasteiger charge is -2.28. The first-order valence-electron chi connectivity index (χ1n) is 14.4. The van der Waals surface area contributed by atoms with Crippen molar-refractivity contribution >= 4 is 41.5 Å². The van der Waals surface area contributed by atoms with Gasteiger partial charge in [0.1, 0.15) is 24.2 Å². The van der Waals surface area contributed by atoms with E-state index in [0.717, 1.165) is 0 Å². The number of carbonyl (C=O) groups is 7. The number of aliphatic hydroxyl groups is 1. The first-order valence-corrected chi connectivity index (χ1v) is 14.4. The first kappa shape index (κ1) is 38.5. The van der Waals surface area contributed by atoms with E-state index in [9.17, 15) is 43.8 Å². The standard InChI is InChI=1S/C29H43N5O11/c1-15(2)13-20(27(42)34-24(16(3)35)28(43)31-19(29(44)45)10-12-23(38)39)33-26(41)21(14-17-7-5-4-6-8-17)32-25(40)18(30)9-11-22(36)37/h4-8,15-16,18-21,24,35H,9-14,30H2,1-3H3,(H,31,43)(H,32,40)(H,33,41)(H,34,42)(H,36,37)(H,38,39)(H,44,45)/t16-,18+,19+,20+,21+,24+/m1/s1. The summed E-state index contributed by atoms with van der Waals surface area (Å²) in [7, 11) is 0. The Bertz CT molecular complexity index is 1190. The van der Waals surface area contributed by atoms with Crippen LogP contribution in [-0.2, 0) is 40.0 Å². The summed E-state index contributed by atoms with van der Waals surface area (Å²) in [6, 6.07) is 1.60. The van der Waals surface area contributed by atoms with Crippen molar-refractivity contribution in [2.45, 2.75) is 95.6 Å². The molecule has 1 rings (SSSR count). The van der Waals surface area contributed by atoms with E-state index in [-0.39, 0.29) is 31.6 Å². The van der Waals surface area contributed by atoms with Crippen molar-refractivity contribution in [1.29, 1.82) is 0 Å². The first-order chi connectivity index (χ1) is 21.0. The molecule has 45 heavy (non-hydrogen) atoms. The van der Waals surface area contributed by atoms with Gasteiger partial charge in [0.25, 0.3) is 0 Å². The zero-order valence-corrected chi connectivity index (χ0v) is 25.4. The fraction of sp³-hybridized carbons (Fsp3) is 0.552. The zero-order chi connectivity index (χ0) is 34.3. The van der Waals surface area contributed by atoms with E-state index in [1.807, 2.05) is 0 Å². The molecule has 0 aliphatic heterocycles. The molecule has 16 nitrogen and oxygen atoms in total. The molecule has 0 bridgehead atoms. The summed E-state index contributed by atoms with van der Waals surface area (Å²) in [4.78, 5) is 85.7. The number of nitrogens with one attached hydrogen (secondary N) is 4. The second kappa shape index (κ2) is 19.0. The largest absolute Gasteiger partial charge is 0.481 e. The maximum atomic E-state index is 13.5. The maximum Gasteiger partial charge on any atom is 0.326 e. The number of rotatable bonds is 20. The van der Waals surface area contributed by atoms with E-state index >= 15 is 0 Å². The second-order valence-electron chi connectivity index (χ2n) is 11.0. The van der Waals surface area contributed by atoms with Crippen LogP contribution in [0.5, 0.6) is 0 Å². The van der Waals surface area contributed by atoms with Crippen LogP contribution in [0.3, 0.4) is 0 Å². The number of nitrogens with two attached hydrogens (primary N) is 1.